The molecule has 2 N–H and O–H groups in total. The SMILES string of the molecule is CCCCCCCOC(C(C)C)C(N)c1ccccc1. The molecule has 0 radical (unpaired) electrons. The van der Waals surface area contributed by atoms with Crippen LogP contribution in [0.4, 0.5) is 0 Å². The number of nitrogens with two attached hydrogens (primary N) is 1. The van der Waals surface area contributed by atoms with Gasteiger partial charge in [0, 0.05) is 6.61 Å². The fourth-order valence-corrected chi connectivity index (χ4v) is 2.50. The largest absolute Gasteiger partial charge is 0.376 e. The van der Waals surface area contributed by atoms with Gasteiger partial charge in [0.25, 0.3) is 0 Å². The van der Waals surface area contributed by atoms with Crippen molar-refractivity contribution in [2.75, 3.05) is 6.61 Å². The summed E-state index contributed by atoms with van der Waals surface area (Å²) in [6.07, 6.45) is 6.44. The Balaban J connectivity index is 2.40. The zero-order chi connectivity index (χ0) is 14.8. The van der Waals surface area contributed by atoms with Crippen LogP contribution in [0.15, 0.2) is 30.3 Å². The van der Waals surface area contributed by atoms with E-state index in [-0.39, 0.29) is 12.1 Å². The van der Waals surface area contributed by atoms with E-state index in [0.29, 0.717) is 5.92 Å². The van der Waals surface area contributed by atoms with E-state index < -0.39 is 0 Å². The van der Waals surface area contributed by atoms with Crippen molar-refractivity contribution in [2.45, 2.75) is 65.0 Å². The van der Waals surface area contributed by atoms with Crippen LogP contribution in [0.5, 0.6) is 0 Å². The Morgan fingerprint density at radius 2 is 1.65 bits per heavy atom. The van der Waals surface area contributed by atoms with Crippen molar-refractivity contribution in [3.8, 4) is 0 Å². The summed E-state index contributed by atoms with van der Waals surface area (Å²) in [6.45, 7) is 7.44. The zero-order valence-corrected chi connectivity index (χ0v) is 13.3. The predicted octanol–water partition coefficient (Wildman–Crippen LogP) is 4.70. The van der Waals surface area contributed by atoms with Crippen molar-refractivity contribution >= 4 is 0 Å². The molecule has 0 aliphatic rings. The molecule has 0 aromatic heterocycles. The van der Waals surface area contributed by atoms with E-state index in [2.05, 4.69) is 32.9 Å². The number of unbranched alkanes of at least 4 members (excludes halogenated alkanes) is 4. The van der Waals surface area contributed by atoms with E-state index >= 15 is 0 Å². The first-order valence-electron chi connectivity index (χ1n) is 8.09. The van der Waals surface area contributed by atoms with E-state index in [4.69, 9.17) is 10.5 Å². The first-order valence-corrected chi connectivity index (χ1v) is 8.09. The van der Waals surface area contributed by atoms with Gasteiger partial charge in [-0.1, -0.05) is 76.8 Å². The van der Waals surface area contributed by atoms with Gasteiger partial charge in [-0.05, 0) is 17.9 Å². The van der Waals surface area contributed by atoms with Crippen molar-refractivity contribution in [3.63, 3.8) is 0 Å². The molecule has 1 aromatic rings. The maximum absolute atomic E-state index is 6.38. The van der Waals surface area contributed by atoms with E-state index in [1.54, 1.807) is 0 Å². The minimum absolute atomic E-state index is 0.0353. The maximum Gasteiger partial charge on any atom is 0.0790 e. The molecule has 0 spiro atoms. The first-order chi connectivity index (χ1) is 9.66. The van der Waals surface area contributed by atoms with Crippen LogP contribution in [0, 0.1) is 5.92 Å². The van der Waals surface area contributed by atoms with Gasteiger partial charge in [-0.15, -0.1) is 0 Å². The van der Waals surface area contributed by atoms with E-state index in [0.717, 1.165) is 18.6 Å². The summed E-state index contributed by atoms with van der Waals surface area (Å²) in [5.41, 5.74) is 7.54. The Bertz CT molecular complexity index is 337. The van der Waals surface area contributed by atoms with Gasteiger partial charge in [-0.2, -0.15) is 0 Å². The smallest absolute Gasteiger partial charge is 0.0790 e. The summed E-state index contributed by atoms with van der Waals surface area (Å²) < 4.78 is 6.07. The molecule has 2 atom stereocenters. The van der Waals surface area contributed by atoms with Gasteiger partial charge < -0.3 is 10.5 Å². The van der Waals surface area contributed by atoms with Crippen LogP contribution in [0.2, 0.25) is 0 Å². The number of hydrogen-bond donors (Lipinski definition) is 1. The summed E-state index contributed by atoms with van der Waals surface area (Å²) in [5, 5.41) is 0. The molecule has 1 aromatic carbocycles. The van der Waals surface area contributed by atoms with Crippen molar-refractivity contribution in [1.29, 1.82) is 0 Å². The van der Waals surface area contributed by atoms with Gasteiger partial charge in [-0.25, -0.2) is 0 Å². The number of hydrogen-bond acceptors (Lipinski definition) is 2. The van der Waals surface area contributed by atoms with Gasteiger partial charge in [-0.3, -0.25) is 0 Å². The third-order valence-electron chi connectivity index (χ3n) is 3.75. The van der Waals surface area contributed by atoms with Crippen molar-refractivity contribution < 1.29 is 4.74 Å². The topological polar surface area (TPSA) is 35.2 Å². The minimum atomic E-state index is -0.0353. The minimum Gasteiger partial charge on any atom is -0.376 e. The molecule has 2 nitrogen and oxygen atoms in total. The van der Waals surface area contributed by atoms with Gasteiger partial charge in [0.05, 0.1) is 12.1 Å². The predicted molar refractivity (Wildman–Crippen MR) is 86.7 cm³/mol. The molecule has 0 saturated carbocycles. The molecule has 0 heterocycles. The van der Waals surface area contributed by atoms with Gasteiger partial charge >= 0.3 is 0 Å². The monoisotopic (exact) mass is 277 g/mol. The van der Waals surface area contributed by atoms with Crippen molar-refractivity contribution in [1.82, 2.24) is 0 Å². The summed E-state index contributed by atoms with van der Waals surface area (Å²) in [4.78, 5) is 0. The Morgan fingerprint density at radius 3 is 2.25 bits per heavy atom. The van der Waals surface area contributed by atoms with E-state index in [1.165, 1.54) is 25.7 Å². The lowest BCUT2D eigenvalue weighted by Gasteiger charge is -2.28. The van der Waals surface area contributed by atoms with Crippen molar-refractivity contribution in [2.24, 2.45) is 11.7 Å². The van der Waals surface area contributed by atoms with Crippen LogP contribution in [0.1, 0.15) is 64.5 Å². The average molecular weight is 277 g/mol. The first kappa shape index (κ1) is 17.2. The summed E-state index contributed by atoms with van der Waals surface area (Å²) in [5.74, 6) is 0.431. The molecular weight excluding hydrogens is 246 g/mol. The van der Waals surface area contributed by atoms with Crippen LogP contribution in [0.25, 0.3) is 0 Å². The Morgan fingerprint density at radius 1 is 1.00 bits per heavy atom. The molecule has 0 bridgehead atoms. The molecular formula is C18H31NO. The molecule has 1 rings (SSSR count). The second-order valence-corrected chi connectivity index (χ2v) is 5.93. The molecule has 114 valence electrons. The van der Waals surface area contributed by atoms with Crippen LogP contribution >= 0.6 is 0 Å². The number of benzene rings is 1. The highest BCUT2D eigenvalue weighted by Crippen LogP contribution is 2.22. The van der Waals surface area contributed by atoms with Crippen LogP contribution < -0.4 is 5.73 Å². The van der Waals surface area contributed by atoms with Crippen LogP contribution in [0.3, 0.4) is 0 Å². The molecule has 0 saturated heterocycles. The van der Waals surface area contributed by atoms with E-state index in [1.807, 2.05) is 18.2 Å². The molecule has 0 fully saturated rings. The lowest BCUT2D eigenvalue weighted by Crippen LogP contribution is -2.33. The summed E-state index contributed by atoms with van der Waals surface area (Å²) in [7, 11) is 0. The average Bonchev–Trinajstić information content (AvgIpc) is 2.46. The highest BCUT2D eigenvalue weighted by atomic mass is 16.5. The number of rotatable bonds is 10. The van der Waals surface area contributed by atoms with Crippen LogP contribution in [-0.4, -0.2) is 12.7 Å². The Hall–Kier alpha value is -0.860. The Labute approximate surface area is 124 Å². The molecule has 2 heteroatoms. The summed E-state index contributed by atoms with van der Waals surface area (Å²) >= 11 is 0. The van der Waals surface area contributed by atoms with Crippen molar-refractivity contribution in [3.05, 3.63) is 35.9 Å². The third kappa shape index (κ3) is 6.06. The van der Waals surface area contributed by atoms with Crippen LogP contribution in [-0.2, 0) is 4.74 Å². The normalized spacial score (nSPS) is 14.4. The highest BCUT2D eigenvalue weighted by molar-refractivity contribution is 5.19. The fourth-order valence-electron chi connectivity index (χ4n) is 2.50. The molecule has 0 aliphatic carbocycles. The van der Waals surface area contributed by atoms with E-state index in [9.17, 15) is 0 Å². The Kier molecular flexibility index (Phi) is 8.56. The fraction of sp³-hybridized carbons (Fsp3) is 0.667. The molecule has 0 amide bonds. The zero-order valence-electron chi connectivity index (χ0n) is 13.3. The quantitative estimate of drug-likeness (QED) is 0.629. The lowest BCUT2D eigenvalue weighted by atomic mass is 9.94. The standard InChI is InChI=1S/C18H31NO/c1-4-5-6-7-11-14-20-18(15(2)3)17(19)16-12-9-8-10-13-16/h8-10,12-13,15,17-18H,4-7,11,14,19H2,1-3H3. The molecule has 0 aliphatic heterocycles. The highest BCUT2D eigenvalue weighted by Gasteiger charge is 2.23. The second kappa shape index (κ2) is 9.95. The number of ether oxygens (including phenoxy) is 1. The van der Waals surface area contributed by atoms with Gasteiger partial charge in [0.2, 0.25) is 0 Å². The summed E-state index contributed by atoms with van der Waals surface area (Å²) in [6, 6.07) is 10.2. The molecule has 2 unspecified atom stereocenters. The maximum atomic E-state index is 6.38. The van der Waals surface area contributed by atoms with Gasteiger partial charge in [0.1, 0.15) is 0 Å². The second-order valence-electron chi connectivity index (χ2n) is 5.93. The third-order valence-corrected chi connectivity index (χ3v) is 3.75. The van der Waals surface area contributed by atoms with Gasteiger partial charge in [0.15, 0.2) is 0 Å². The molecule has 20 heavy (non-hydrogen) atoms. The lowest BCUT2D eigenvalue weighted by molar-refractivity contribution is 0.00272.